The monoisotopic (exact) mass is 265 g/mol. The van der Waals surface area contributed by atoms with E-state index in [0.29, 0.717) is 16.2 Å². The normalized spacial score (nSPS) is 22.9. The van der Waals surface area contributed by atoms with E-state index in [9.17, 15) is 5.11 Å². The van der Waals surface area contributed by atoms with Crippen LogP contribution in [0.4, 0.5) is 0 Å². The molecule has 3 heteroatoms. The second-order valence-corrected chi connectivity index (χ2v) is 6.38. The first kappa shape index (κ1) is 12.3. The minimum Gasteiger partial charge on any atom is -0.508 e. The van der Waals surface area contributed by atoms with Crippen LogP contribution >= 0.6 is 11.6 Å². The molecule has 2 fully saturated rings. The van der Waals surface area contributed by atoms with Crippen LogP contribution in [0.3, 0.4) is 0 Å². The molecule has 1 saturated heterocycles. The van der Waals surface area contributed by atoms with Crippen molar-refractivity contribution in [2.75, 3.05) is 13.1 Å². The molecule has 0 amide bonds. The molecule has 1 heterocycles. The third kappa shape index (κ3) is 2.36. The molecule has 1 aromatic carbocycles. The van der Waals surface area contributed by atoms with Gasteiger partial charge in [0.05, 0.1) is 0 Å². The molecule has 0 atom stereocenters. The van der Waals surface area contributed by atoms with Crippen molar-refractivity contribution in [3.63, 3.8) is 0 Å². The van der Waals surface area contributed by atoms with Crippen molar-refractivity contribution in [1.82, 2.24) is 4.90 Å². The number of nitrogens with zero attached hydrogens (tertiary/aromatic N) is 1. The highest BCUT2D eigenvalue weighted by molar-refractivity contribution is 6.30. The fourth-order valence-electron chi connectivity index (χ4n) is 3.62. The SMILES string of the molecule is Oc1ccc(Cl)cc1CN1CCC2(CCCC2)C1. The number of aromatic hydroxyl groups is 1. The summed E-state index contributed by atoms with van der Waals surface area (Å²) in [7, 11) is 0. The largest absolute Gasteiger partial charge is 0.508 e. The van der Waals surface area contributed by atoms with Crippen molar-refractivity contribution in [3.8, 4) is 5.75 Å². The van der Waals surface area contributed by atoms with Crippen LogP contribution in [-0.2, 0) is 6.54 Å². The summed E-state index contributed by atoms with van der Waals surface area (Å²) in [6, 6.07) is 5.32. The zero-order chi connectivity index (χ0) is 12.6. The van der Waals surface area contributed by atoms with Crippen LogP contribution in [0.15, 0.2) is 18.2 Å². The quantitative estimate of drug-likeness (QED) is 0.879. The van der Waals surface area contributed by atoms with Gasteiger partial charge in [-0.25, -0.2) is 0 Å². The van der Waals surface area contributed by atoms with Gasteiger partial charge in [0.1, 0.15) is 5.75 Å². The maximum atomic E-state index is 9.87. The number of phenolic OH excluding ortho intramolecular Hbond substituents is 1. The van der Waals surface area contributed by atoms with Gasteiger partial charge in [0.15, 0.2) is 0 Å². The van der Waals surface area contributed by atoms with E-state index < -0.39 is 0 Å². The molecule has 1 aromatic rings. The van der Waals surface area contributed by atoms with Gasteiger partial charge in [0.25, 0.3) is 0 Å². The van der Waals surface area contributed by atoms with Crippen molar-refractivity contribution >= 4 is 11.6 Å². The maximum absolute atomic E-state index is 9.87. The lowest BCUT2D eigenvalue weighted by Crippen LogP contribution is -2.24. The van der Waals surface area contributed by atoms with Gasteiger partial charge in [-0.3, -0.25) is 4.90 Å². The smallest absolute Gasteiger partial charge is 0.120 e. The summed E-state index contributed by atoms with van der Waals surface area (Å²) in [6.45, 7) is 3.18. The van der Waals surface area contributed by atoms with Crippen LogP contribution in [0.25, 0.3) is 0 Å². The Morgan fingerprint density at radius 2 is 2.00 bits per heavy atom. The van der Waals surface area contributed by atoms with Crippen LogP contribution in [0.1, 0.15) is 37.7 Å². The van der Waals surface area contributed by atoms with Crippen LogP contribution in [0.2, 0.25) is 5.02 Å². The summed E-state index contributed by atoms with van der Waals surface area (Å²) < 4.78 is 0. The molecular weight excluding hydrogens is 246 g/mol. The van der Waals surface area contributed by atoms with E-state index in [0.717, 1.165) is 18.7 Å². The van der Waals surface area contributed by atoms with Gasteiger partial charge < -0.3 is 5.11 Å². The molecule has 2 nitrogen and oxygen atoms in total. The highest BCUT2D eigenvalue weighted by Crippen LogP contribution is 2.45. The molecule has 18 heavy (non-hydrogen) atoms. The van der Waals surface area contributed by atoms with Crippen LogP contribution in [-0.4, -0.2) is 23.1 Å². The Balaban J connectivity index is 1.69. The summed E-state index contributed by atoms with van der Waals surface area (Å²) in [5.41, 5.74) is 1.55. The van der Waals surface area contributed by atoms with Crippen molar-refractivity contribution in [3.05, 3.63) is 28.8 Å². The lowest BCUT2D eigenvalue weighted by molar-refractivity contribution is 0.254. The molecule has 3 rings (SSSR count). The number of rotatable bonds is 2. The van der Waals surface area contributed by atoms with Crippen molar-refractivity contribution in [1.29, 1.82) is 0 Å². The van der Waals surface area contributed by atoms with Crippen LogP contribution in [0.5, 0.6) is 5.75 Å². The van der Waals surface area contributed by atoms with Gasteiger partial charge in [0, 0.05) is 23.7 Å². The molecule has 1 aliphatic heterocycles. The average molecular weight is 266 g/mol. The Labute approximate surface area is 114 Å². The molecule has 1 N–H and O–H groups in total. The van der Waals surface area contributed by atoms with Crippen LogP contribution in [0, 0.1) is 5.41 Å². The Bertz CT molecular complexity index is 440. The van der Waals surface area contributed by atoms with Crippen molar-refractivity contribution in [2.24, 2.45) is 5.41 Å². The number of halogens is 1. The predicted molar refractivity (Wildman–Crippen MR) is 73.9 cm³/mol. The fraction of sp³-hybridized carbons (Fsp3) is 0.600. The highest BCUT2D eigenvalue weighted by Gasteiger charge is 2.39. The predicted octanol–water partition coefficient (Wildman–Crippen LogP) is 3.81. The van der Waals surface area contributed by atoms with Gasteiger partial charge >= 0.3 is 0 Å². The zero-order valence-corrected chi connectivity index (χ0v) is 11.4. The van der Waals surface area contributed by atoms with Gasteiger partial charge in [-0.05, 0) is 49.4 Å². The lowest BCUT2D eigenvalue weighted by atomic mass is 9.86. The first-order valence-electron chi connectivity index (χ1n) is 6.87. The number of benzene rings is 1. The van der Waals surface area contributed by atoms with Crippen molar-refractivity contribution < 1.29 is 5.11 Å². The lowest BCUT2D eigenvalue weighted by Gasteiger charge is -2.23. The first-order chi connectivity index (χ1) is 8.67. The maximum Gasteiger partial charge on any atom is 0.120 e. The zero-order valence-electron chi connectivity index (χ0n) is 10.7. The van der Waals surface area contributed by atoms with E-state index in [1.807, 2.05) is 6.07 Å². The molecule has 0 bridgehead atoms. The minimum absolute atomic E-state index is 0.367. The summed E-state index contributed by atoms with van der Waals surface area (Å²) >= 11 is 5.99. The molecule has 0 unspecified atom stereocenters. The molecule has 0 aromatic heterocycles. The Morgan fingerprint density at radius 3 is 2.78 bits per heavy atom. The van der Waals surface area contributed by atoms with Gasteiger partial charge in [0.2, 0.25) is 0 Å². The van der Waals surface area contributed by atoms with Gasteiger partial charge in [-0.2, -0.15) is 0 Å². The van der Waals surface area contributed by atoms with Crippen LogP contribution < -0.4 is 0 Å². The van der Waals surface area contributed by atoms with E-state index in [4.69, 9.17) is 11.6 Å². The topological polar surface area (TPSA) is 23.5 Å². The number of likely N-dealkylation sites (tertiary alicyclic amines) is 1. The van der Waals surface area contributed by atoms with E-state index >= 15 is 0 Å². The summed E-state index contributed by atoms with van der Waals surface area (Å²) in [6.07, 6.45) is 6.91. The number of phenols is 1. The second-order valence-electron chi connectivity index (χ2n) is 5.94. The first-order valence-corrected chi connectivity index (χ1v) is 7.25. The van der Waals surface area contributed by atoms with E-state index in [2.05, 4.69) is 4.90 Å². The Morgan fingerprint density at radius 1 is 1.22 bits per heavy atom. The molecule has 1 saturated carbocycles. The standard InChI is InChI=1S/C15H20ClNO/c16-13-3-4-14(18)12(9-13)10-17-8-7-15(11-17)5-1-2-6-15/h3-4,9,18H,1-2,5-8,10-11H2. The molecule has 0 radical (unpaired) electrons. The molecule has 1 aliphatic carbocycles. The molecule has 2 aliphatic rings. The third-order valence-corrected chi connectivity index (χ3v) is 4.85. The van der Waals surface area contributed by atoms with E-state index in [-0.39, 0.29) is 0 Å². The van der Waals surface area contributed by atoms with E-state index in [1.165, 1.54) is 38.6 Å². The van der Waals surface area contributed by atoms with Gasteiger partial charge in [-0.1, -0.05) is 24.4 Å². The molecular formula is C15H20ClNO. The average Bonchev–Trinajstić information content (AvgIpc) is 2.95. The molecule has 1 spiro atoms. The fourth-order valence-corrected chi connectivity index (χ4v) is 3.81. The highest BCUT2D eigenvalue weighted by atomic mass is 35.5. The van der Waals surface area contributed by atoms with E-state index in [1.54, 1.807) is 12.1 Å². The molecule has 98 valence electrons. The third-order valence-electron chi connectivity index (χ3n) is 4.62. The minimum atomic E-state index is 0.367. The van der Waals surface area contributed by atoms with Gasteiger partial charge in [-0.15, -0.1) is 0 Å². The summed E-state index contributed by atoms with van der Waals surface area (Å²) in [5.74, 6) is 0.367. The number of hydrogen-bond acceptors (Lipinski definition) is 2. The summed E-state index contributed by atoms with van der Waals surface area (Å²) in [5, 5.41) is 10.6. The number of hydrogen-bond donors (Lipinski definition) is 1. The Kier molecular flexibility index (Phi) is 3.25. The Hall–Kier alpha value is -0.730. The second kappa shape index (κ2) is 4.75. The van der Waals surface area contributed by atoms with Crippen molar-refractivity contribution in [2.45, 2.75) is 38.6 Å². The summed E-state index contributed by atoms with van der Waals surface area (Å²) in [4.78, 5) is 2.47.